The standard InChI is InChI=1S/C12H21N3O3S/c1-9-11(8-16)12(15-14-9)19(17,18)13-7-6-10-4-2-3-5-10/h10,13,16H,2-8H2,1H3,(H,14,15). The van der Waals surface area contributed by atoms with Gasteiger partial charge >= 0.3 is 0 Å². The summed E-state index contributed by atoms with van der Waals surface area (Å²) < 4.78 is 26.8. The number of aliphatic hydroxyl groups excluding tert-OH is 1. The Morgan fingerprint density at radius 1 is 1.42 bits per heavy atom. The molecule has 0 aliphatic heterocycles. The number of nitrogens with zero attached hydrogens (tertiary/aromatic N) is 1. The molecule has 0 bridgehead atoms. The van der Waals surface area contributed by atoms with Crippen LogP contribution >= 0.6 is 0 Å². The highest BCUT2D eigenvalue weighted by Gasteiger charge is 2.23. The first-order valence-corrected chi connectivity index (χ1v) is 8.17. The molecule has 1 heterocycles. The monoisotopic (exact) mass is 287 g/mol. The first-order valence-electron chi connectivity index (χ1n) is 6.69. The van der Waals surface area contributed by atoms with Crippen molar-refractivity contribution in [1.82, 2.24) is 14.9 Å². The van der Waals surface area contributed by atoms with Crippen molar-refractivity contribution in [3.63, 3.8) is 0 Å². The van der Waals surface area contributed by atoms with Gasteiger partial charge in [0.2, 0.25) is 0 Å². The quantitative estimate of drug-likeness (QED) is 0.729. The Morgan fingerprint density at radius 3 is 2.74 bits per heavy atom. The van der Waals surface area contributed by atoms with Crippen LogP contribution in [0.2, 0.25) is 0 Å². The predicted molar refractivity (Wildman–Crippen MR) is 71.0 cm³/mol. The number of aryl methyl sites for hydroxylation is 1. The second-order valence-electron chi connectivity index (χ2n) is 5.13. The van der Waals surface area contributed by atoms with Crippen molar-refractivity contribution in [3.8, 4) is 0 Å². The molecule has 0 amide bonds. The molecule has 1 aromatic rings. The molecule has 7 heteroatoms. The Bertz CT molecular complexity index is 518. The van der Waals surface area contributed by atoms with Gasteiger partial charge in [0.05, 0.1) is 6.61 Å². The molecule has 1 saturated carbocycles. The third kappa shape index (κ3) is 3.34. The van der Waals surface area contributed by atoms with Crippen LogP contribution in [0.5, 0.6) is 0 Å². The zero-order valence-corrected chi connectivity index (χ0v) is 12.0. The maximum Gasteiger partial charge on any atom is 0.260 e. The lowest BCUT2D eigenvalue weighted by molar-refractivity contribution is 0.277. The summed E-state index contributed by atoms with van der Waals surface area (Å²) in [6, 6.07) is 0. The number of H-pyrrole nitrogens is 1. The highest BCUT2D eigenvalue weighted by Crippen LogP contribution is 2.27. The van der Waals surface area contributed by atoms with E-state index in [-0.39, 0.29) is 11.6 Å². The van der Waals surface area contributed by atoms with Gasteiger partial charge in [0.15, 0.2) is 5.03 Å². The van der Waals surface area contributed by atoms with E-state index in [2.05, 4.69) is 14.9 Å². The molecule has 1 aromatic heterocycles. The first kappa shape index (κ1) is 14.5. The van der Waals surface area contributed by atoms with Gasteiger partial charge in [-0.3, -0.25) is 5.10 Å². The predicted octanol–water partition coefficient (Wildman–Crippen LogP) is 1.07. The van der Waals surface area contributed by atoms with Crippen molar-refractivity contribution >= 4 is 10.0 Å². The second kappa shape index (κ2) is 6.02. The summed E-state index contributed by atoms with van der Waals surface area (Å²) in [7, 11) is -3.63. The summed E-state index contributed by atoms with van der Waals surface area (Å²) in [6.45, 7) is 1.79. The minimum atomic E-state index is -3.63. The Hall–Kier alpha value is -0.920. The van der Waals surface area contributed by atoms with E-state index in [1.807, 2.05) is 0 Å². The van der Waals surface area contributed by atoms with Crippen LogP contribution in [-0.2, 0) is 16.6 Å². The van der Waals surface area contributed by atoms with Gasteiger partial charge in [0.1, 0.15) is 0 Å². The molecule has 6 nitrogen and oxygen atoms in total. The van der Waals surface area contributed by atoms with E-state index in [1.54, 1.807) is 6.92 Å². The summed E-state index contributed by atoms with van der Waals surface area (Å²) >= 11 is 0. The molecular formula is C12H21N3O3S. The lowest BCUT2D eigenvalue weighted by atomic mass is 10.1. The van der Waals surface area contributed by atoms with Gasteiger partial charge in [-0.15, -0.1) is 0 Å². The Balaban J connectivity index is 1.97. The van der Waals surface area contributed by atoms with Crippen LogP contribution in [0.25, 0.3) is 0 Å². The SMILES string of the molecule is Cc1[nH]nc(S(=O)(=O)NCCC2CCCC2)c1CO. The van der Waals surface area contributed by atoms with Crippen LogP contribution in [0.1, 0.15) is 43.4 Å². The number of aliphatic hydroxyl groups is 1. The smallest absolute Gasteiger partial charge is 0.260 e. The molecule has 3 N–H and O–H groups in total. The van der Waals surface area contributed by atoms with Gasteiger partial charge < -0.3 is 5.11 Å². The maximum atomic E-state index is 12.1. The Labute approximate surface area is 113 Å². The van der Waals surface area contributed by atoms with Gasteiger partial charge in [-0.25, -0.2) is 13.1 Å². The molecular weight excluding hydrogens is 266 g/mol. The Morgan fingerprint density at radius 2 is 2.11 bits per heavy atom. The second-order valence-corrected chi connectivity index (χ2v) is 6.81. The number of hydrogen-bond donors (Lipinski definition) is 3. The third-order valence-corrected chi connectivity index (χ3v) is 5.20. The van der Waals surface area contributed by atoms with Crippen molar-refractivity contribution in [2.45, 2.75) is 50.7 Å². The average Bonchev–Trinajstić information content (AvgIpc) is 2.98. The van der Waals surface area contributed by atoms with Crippen molar-refractivity contribution < 1.29 is 13.5 Å². The van der Waals surface area contributed by atoms with E-state index in [0.29, 0.717) is 23.7 Å². The molecule has 0 spiro atoms. The van der Waals surface area contributed by atoms with Crippen LogP contribution < -0.4 is 4.72 Å². The minimum absolute atomic E-state index is 0.0843. The zero-order valence-electron chi connectivity index (χ0n) is 11.1. The molecule has 108 valence electrons. The number of rotatable bonds is 6. The molecule has 0 atom stereocenters. The largest absolute Gasteiger partial charge is 0.392 e. The van der Waals surface area contributed by atoms with Gasteiger partial charge in [-0.1, -0.05) is 25.7 Å². The van der Waals surface area contributed by atoms with E-state index in [0.717, 1.165) is 6.42 Å². The van der Waals surface area contributed by atoms with Crippen LogP contribution in [0, 0.1) is 12.8 Å². The zero-order chi connectivity index (χ0) is 13.9. The number of hydrogen-bond acceptors (Lipinski definition) is 4. The summed E-state index contributed by atoms with van der Waals surface area (Å²) in [4.78, 5) is 0. The molecule has 0 unspecified atom stereocenters. The normalized spacial score (nSPS) is 17.2. The van der Waals surface area contributed by atoms with E-state index >= 15 is 0 Å². The van der Waals surface area contributed by atoms with Crippen LogP contribution in [0.4, 0.5) is 0 Å². The van der Waals surface area contributed by atoms with Gasteiger partial charge in [0.25, 0.3) is 10.0 Å². The molecule has 2 rings (SSSR count). The summed E-state index contributed by atoms with van der Waals surface area (Å²) in [5.41, 5.74) is 0.923. The molecule has 19 heavy (non-hydrogen) atoms. The average molecular weight is 287 g/mol. The first-order chi connectivity index (χ1) is 9.04. The lowest BCUT2D eigenvalue weighted by Gasteiger charge is -2.09. The fourth-order valence-electron chi connectivity index (χ4n) is 2.60. The summed E-state index contributed by atoms with van der Waals surface area (Å²) in [5.74, 6) is 0.640. The Kier molecular flexibility index (Phi) is 4.59. The fourth-order valence-corrected chi connectivity index (χ4v) is 3.83. The molecule has 1 aliphatic carbocycles. The highest BCUT2D eigenvalue weighted by atomic mass is 32.2. The number of nitrogens with one attached hydrogen (secondary N) is 2. The van der Waals surface area contributed by atoms with Crippen LogP contribution in [-0.4, -0.2) is 30.3 Å². The molecule has 0 saturated heterocycles. The van der Waals surface area contributed by atoms with Crippen molar-refractivity contribution in [3.05, 3.63) is 11.3 Å². The van der Waals surface area contributed by atoms with Crippen molar-refractivity contribution in [2.24, 2.45) is 5.92 Å². The summed E-state index contributed by atoms with van der Waals surface area (Å²) in [6.07, 6.45) is 5.78. The maximum absolute atomic E-state index is 12.1. The van der Waals surface area contributed by atoms with E-state index in [4.69, 9.17) is 0 Å². The molecule has 0 radical (unpaired) electrons. The number of aromatic amines is 1. The minimum Gasteiger partial charge on any atom is -0.392 e. The van der Waals surface area contributed by atoms with Gasteiger partial charge in [-0.05, 0) is 19.3 Å². The van der Waals surface area contributed by atoms with Gasteiger partial charge in [-0.2, -0.15) is 5.10 Å². The number of sulfonamides is 1. The molecule has 1 fully saturated rings. The van der Waals surface area contributed by atoms with Crippen molar-refractivity contribution in [2.75, 3.05) is 6.54 Å². The summed E-state index contributed by atoms with van der Waals surface area (Å²) in [5, 5.41) is 15.5. The molecule has 1 aliphatic rings. The van der Waals surface area contributed by atoms with E-state index in [9.17, 15) is 13.5 Å². The lowest BCUT2D eigenvalue weighted by Crippen LogP contribution is -2.27. The van der Waals surface area contributed by atoms with Crippen LogP contribution in [0.15, 0.2) is 5.03 Å². The number of aromatic nitrogens is 2. The third-order valence-electron chi connectivity index (χ3n) is 3.77. The van der Waals surface area contributed by atoms with Crippen molar-refractivity contribution in [1.29, 1.82) is 0 Å². The highest BCUT2D eigenvalue weighted by molar-refractivity contribution is 7.89. The molecule has 0 aromatic carbocycles. The fraction of sp³-hybridized carbons (Fsp3) is 0.750. The van der Waals surface area contributed by atoms with E-state index < -0.39 is 10.0 Å². The van der Waals surface area contributed by atoms with Crippen LogP contribution in [0.3, 0.4) is 0 Å². The topological polar surface area (TPSA) is 95.1 Å². The van der Waals surface area contributed by atoms with E-state index in [1.165, 1.54) is 25.7 Å². The van der Waals surface area contributed by atoms with Gasteiger partial charge in [0, 0.05) is 17.8 Å².